The predicted octanol–water partition coefficient (Wildman–Crippen LogP) is 2.89. The fraction of sp³-hybridized carbons (Fsp3) is 0.167. The Kier molecular flexibility index (Phi) is 3.44. The van der Waals surface area contributed by atoms with Gasteiger partial charge in [-0.15, -0.1) is 0 Å². The van der Waals surface area contributed by atoms with E-state index < -0.39 is 0 Å². The molecule has 1 aromatic heterocycles. The van der Waals surface area contributed by atoms with E-state index >= 15 is 0 Å². The van der Waals surface area contributed by atoms with E-state index in [1.807, 2.05) is 31.2 Å². The number of anilines is 2. The van der Waals surface area contributed by atoms with E-state index in [0.29, 0.717) is 11.5 Å². The molecule has 2 rings (SSSR count). The van der Waals surface area contributed by atoms with Crippen LogP contribution in [0.3, 0.4) is 0 Å². The van der Waals surface area contributed by atoms with Crippen LogP contribution in [0.15, 0.2) is 36.8 Å². The lowest BCUT2D eigenvalue weighted by atomic mass is 10.1. The molecule has 0 saturated heterocycles. The van der Waals surface area contributed by atoms with Crippen LogP contribution in [0, 0.1) is 0 Å². The summed E-state index contributed by atoms with van der Waals surface area (Å²) < 4.78 is 0. The molecular formula is C12H13ClN4. The lowest BCUT2D eigenvalue weighted by Crippen LogP contribution is -2.10. The smallest absolute Gasteiger partial charge is 0.153 e. The number of nitrogens with two attached hydrogens (primary N) is 1. The molecule has 4 nitrogen and oxygen atoms in total. The van der Waals surface area contributed by atoms with E-state index in [1.54, 1.807) is 6.20 Å². The molecule has 0 aliphatic rings. The van der Waals surface area contributed by atoms with Crippen LogP contribution in [0.2, 0.25) is 5.02 Å². The molecule has 0 saturated carbocycles. The van der Waals surface area contributed by atoms with Crippen molar-refractivity contribution in [2.75, 3.05) is 11.1 Å². The number of nitrogens with zero attached hydrogens (tertiary/aromatic N) is 2. The van der Waals surface area contributed by atoms with Gasteiger partial charge in [-0.1, -0.05) is 29.8 Å². The standard InChI is InChI=1S/C12H13ClN4/c1-8(9-4-2-3-5-10(9)13)17-12-11(14)6-15-7-16-12/h2-8H,14H2,1H3,(H,15,16,17). The topological polar surface area (TPSA) is 63.8 Å². The monoisotopic (exact) mass is 248 g/mol. The quantitative estimate of drug-likeness (QED) is 0.877. The first-order valence-electron chi connectivity index (χ1n) is 5.25. The van der Waals surface area contributed by atoms with Crippen molar-refractivity contribution in [1.29, 1.82) is 0 Å². The fourth-order valence-corrected chi connectivity index (χ4v) is 1.87. The molecule has 0 bridgehead atoms. The number of halogens is 1. The number of benzene rings is 1. The maximum absolute atomic E-state index is 6.12. The van der Waals surface area contributed by atoms with Crippen LogP contribution in [-0.4, -0.2) is 9.97 Å². The fourth-order valence-electron chi connectivity index (χ4n) is 1.57. The number of hydrogen-bond donors (Lipinski definition) is 2. The van der Waals surface area contributed by atoms with E-state index in [4.69, 9.17) is 17.3 Å². The average molecular weight is 249 g/mol. The Morgan fingerprint density at radius 1 is 1.35 bits per heavy atom. The summed E-state index contributed by atoms with van der Waals surface area (Å²) in [4.78, 5) is 7.92. The van der Waals surface area contributed by atoms with Crippen molar-refractivity contribution in [2.24, 2.45) is 0 Å². The first-order valence-corrected chi connectivity index (χ1v) is 5.62. The number of hydrogen-bond acceptors (Lipinski definition) is 4. The van der Waals surface area contributed by atoms with E-state index in [2.05, 4.69) is 15.3 Å². The third-order valence-corrected chi connectivity index (χ3v) is 2.81. The zero-order chi connectivity index (χ0) is 12.3. The van der Waals surface area contributed by atoms with Crippen LogP contribution in [0.25, 0.3) is 0 Å². The Balaban J connectivity index is 2.20. The Bertz CT molecular complexity index is 515. The molecule has 3 N–H and O–H groups in total. The molecule has 0 aliphatic heterocycles. The molecule has 1 unspecified atom stereocenters. The minimum Gasteiger partial charge on any atom is -0.394 e. The molecule has 5 heteroatoms. The molecule has 2 aromatic rings. The Labute approximate surface area is 105 Å². The van der Waals surface area contributed by atoms with Gasteiger partial charge < -0.3 is 11.1 Å². The highest BCUT2D eigenvalue weighted by Gasteiger charge is 2.10. The van der Waals surface area contributed by atoms with E-state index in [9.17, 15) is 0 Å². The van der Waals surface area contributed by atoms with E-state index in [1.165, 1.54) is 6.33 Å². The summed E-state index contributed by atoms with van der Waals surface area (Å²) in [7, 11) is 0. The van der Waals surface area contributed by atoms with Crippen molar-refractivity contribution in [3.8, 4) is 0 Å². The van der Waals surface area contributed by atoms with Crippen molar-refractivity contribution in [1.82, 2.24) is 9.97 Å². The number of nitrogens with one attached hydrogen (secondary N) is 1. The Hall–Kier alpha value is -1.81. The molecule has 17 heavy (non-hydrogen) atoms. The van der Waals surface area contributed by atoms with Crippen molar-refractivity contribution in [2.45, 2.75) is 13.0 Å². The van der Waals surface area contributed by atoms with E-state index in [0.717, 1.165) is 10.6 Å². The minimum atomic E-state index is 0.0286. The van der Waals surface area contributed by atoms with Gasteiger partial charge in [-0.3, -0.25) is 0 Å². The second-order valence-electron chi connectivity index (χ2n) is 3.71. The second kappa shape index (κ2) is 5.01. The highest BCUT2D eigenvalue weighted by atomic mass is 35.5. The van der Waals surface area contributed by atoms with Gasteiger partial charge in [-0.05, 0) is 18.6 Å². The highest BCUT2D eigenvalue weighted by Crippen LogP contribution is 2.26. The first kappa shape index (κ1) is 11.7. The van der Waals surface area contributed by atoms with Crippen LogP contribution >= 0.6 is 11.6 Å². The SMILES string of the molecule is CC(Nc1ncncc1N)c1ccccc1Cl. The molecule has 0 spiro atoms. The van der Waals surface area contributed by atoms with Gasteiger partial charge >= 0.3 is 0 Å². The van der Waals surface area contributed by atoms with Crippen molar-refractivity contribution in [3.63, 3.8) is 0 Å². The van der Waals surface area contributed by atoms with Crippen LogP contribution in [0.1, 0.15) is 18.5 Å². The average Bonchev–Trinajstić information content (AvgIpc) is 2.32. The van der Waals surface area contributed by atoms with Crippen molar-refractivity contribution < 1.29 is 0 Å². The summed E-state index contributed by atoms with van der Waals surface area (Å²) in [5.41, 5.74) is 7.29. The van der Waals surface area contributed by atoms with Gasteiger partial charge in [0.15, 0.2) is 5.82 Å². The van der Waals surface area contributed by atoms with Crippen LogP contribution in [0.4, 0.5) is 11.5 Å². The van der Waals surface area contributed by atoms with Gasteiger partial charge in [-0.25, -0.2) is 9.97 Å². The maximum Gasteiger partial charge on any atom is 0.153 e. The van der Waals surface area contributed by atoms with Gasteiger partial charge in [0.1, 0.15) is 6.33 Å². The molecule has 0 amide bonds. The molecule has 0 fully saturated rings. The number of rotatable bonds is 3. The molecule has 0 radical (unpaired) electrons. The summed E-state index contributed by atoms with van der Waals surface area (Å²) in [6.45, 7) is 2.00. The molecular weight excluding hydrogens is 236 g/mol. The maximum atomic E-state index is 6.12. The lowest BCUT2D eigenvalue weighted by Gasteiger charge is -2.16. The van der Waals surface area contributed by atoms with Gasteiger partial charge in [0.05, 0.1) is 17.9 Å². The number of nitrogen functional groups attached to an aromatic ring is 1. The Morgan fingerprint density at radius 3 is 2.82 bits per heavy atom. The van der Waals surface area contributed by atoms with Gasteiger partial charge in [0.25, 0.3) is 0 Å². The largest absolute Gasteiger partial charge is 0.394 e. The minimum absolute atomic E-state index is 0.0286. The summed E-state index contributed by atoms with van der Waals surface area (Å²) in [6, 6.07) is 7.71. The summed E-state index contributed by atoms with van der Waals surface area (Å²) in [6.07, 6.45) is 3.02. The third kappa shape index (κ3) is 2.65. The summed E-state index contributed by atoms with van der Waals surface area (Å²) in [5.74, 6) is 0.618. The zero-order valence-electron chi connectivity index (χ0n) is 9.39. The highest BCUT2D eigenvalue weighted by molar-refractivity contribution is 6.31. The molecule has 88 valence electrons. The van der Waals surface area contributed by atoms with Crippen LogP contribution in [-0.2, 0) is 0 Å². The zero-order valence-corrected chi connectivity index (χ0v) is 10.1. The van der Waals surface area contributed by atoms with Gasteiger partial charge in [0, 0.05) is 5.02 Å². The number of aromatic nitrogens is 2. The molecule has 1 atom stereocenters. The van der Waals surface area contributed by atoms with Crippen LogP contribution in [0.5, 0.6) is 0 Å². The predicted molar refractivity (Wildman–Crippen MR) is 69.9 cm³/mol. The lowest BCUT2D eigenvalue weighted by molar-refractivity contribution is 0.873. The first-order chi connectivity index (χ1) is 8.18. The van der Waals surface area contributed by atoms with E-state index in [-0.39, 0.29) is 6.04 Å². The van der Waals surface area contributed by atoms with Gasteiger partial charge in [0.2, 0.25) is 0 Å². The summed E-state index contributed by atoms with van der Waals surface area (Å²) >= 11 is 6.12. The molecule has 1 aromatic carbocycles. The van der Waals surface area contributed by atoms with Gasteiger partial charge in [-0.2, -0.15) is 0 Å². The molecule has 0 aliphatic carbocycles. The second-order valence-corrected chi connectivity index (χ2v) is 4.12. The normalized spacial score (nSPS) is 12.1. The van der Waals surface area contributed by atoms with Crippen LogP contribution < -0.4 is 11.1 Å². The Morgan fingerprint density at radius 2 is 2.12 bits per heavy atom. The van der Waals surface area contributed by atoms with Crippen molar-refractivity contribution >= 4 is 23.1 Å². The third-order valence-electron chi connectivity index (χ3n) is 2.47. The molecule has 1 heterocycles. The summed E-state index contributed by atoms with van der Waals surface area (Å²) in [5, 5.41) is 3.93. The van der Waals surface area contributed by atoms with Crippen molar-refractivity contribution in [3.05, 3.63) is 47.4 Å².